The molecule has 0 aromatic carbocycles. The lowest BCUT2D eigenvalue weighted by Crippen LogP contribution is -2.35. The Bertz CT molecular complexity index is 172. The van der Waals surface area contributed by atoms with E-state index in [0.717, 1.165) is 42.8 Å². The number of hydrogen-bond acceptors (Lipinski definition) is 3. The van der Waals surface area contributed by atoms with Gasteiger partial charge in [0.05, 0.1) is 0 Å². The van der Waals surface area contributed by atoms with Gasteiger partial charge in [-0.15, -0.1) is 0 Å². The van der Waals surface area contributed by atoms with E-state index in [1.165, 1.54) is 0 Å². The van der Waals surface area contributed by atoms with Crippen LogP contribution in [-0.4, -0.2) is 63.3 Å². The van der Waals surface area contributed by atoms with Gasteiger partial charge in [-0.1, -0.05) is 0 Å². The summed E-state index contributed by atoms with van der Waals surface area (Å²) >= 11 is 1.10. The van der Waals surface area contributed by atoms with Crippen molar-refractivity contribution in [3.63, 3.8) is 0 Å². The van der Waals surface area contributed by atoms with Gasteiger partial charge >= 0.3 is 16.5 Å². The van der Waals surface area contributed by atoms with Gasteiger partial charge in [-0.3, -0.25) is 0 Å². The maximum absolute atomic E-state index is 5.83. The Hall–Kier alpha value is 0.846. The molecule has 0 amide bonds. The normalized spacial score (nSPS) is 13.4. The predicted molar refractivity (Wildman–Crippen MR) is 78.7 cm³/mol. The maximum atomic E-state index is 5.83. The van der Waals surface area contributed by atoms with Crippen molar-refractivity contribution in [2.24, 2.45) is 0 Å². The first-order chi connectivity index (χ1) is 7.10. The summed E-state index contributed by atoms with van der Waals surface area (Å²) in [6, 6.07) is 0. The first-order valence-corrected chi connectivity index (χ1v) is 13.8. The molecule has 0 bridgehead atoms. The molecule has 3 nitrogen and oxygen atoms in total. The monoisotopic (exact) mass is 277 g/mol. The average molecular weight is 277 g/mol. The summed E-state index contributed by atoms with van der Waals surface area (Å²) in [7, 11) is -2.64. The molecule has 0 rings (SSSR count). The number of nitrogens with zero attached hydrogens (tertiary/aromatic N) is 1. The fourth-order valence-electron chi connectivity index (χ4n) is 1.13. The van der Waals surface area contributed by atoms with Gasteiger partial charge < -0.3 is 12.7 Å². The van der Waals surface area contributed by atoms with Crippen molar-refractivity contribution in [2.75, 3.05) is 26.3 Å². The fraction of sp³-hybridized carbons (Fsp3) is 1.00. The molecule has 0 spiro atoms. The average Bonchev–Trinajstić information content (AvgIpc) is 1.98. The van der Waals surface area contributed by atoms with Crippen LogP contribution < -0.4 is 0 Å². The Morgan fingerprint density at radius 1 is 0.812 bits per heavy atom. The topological polar surface area (TPSA) is 21.7 Å². The van der Waals surface area contributed by atoms with Crippen LogP contribution in [0.1, 0.15) is 0 Å². The first kappa shape index (κ1) is 16.8. The van der Waals surface area contributed by atoms with Crippen LogP contribution in [0.25, 0.3) is 0 Å². The summed E-state index contributed by atoms with van der Waals surface area (Å²) in [5, 5.41) is 0. The standard InChI is InChI=1S/C10H26NO2Si2.Al.2H/c1-14(2,3)12-9-7-11-8-10-13-15(4,5)6;;;/h7-10H2,1-6H3;;;/q-1;+1;;. The van der Waals surface area contributed by atoms with E-state index in [1.807, 2.05) is 0 Å². The van der Waals surface area contributed by atoms with Crippen LogP contribution in [0.2, 0.25) is 39.3 Å². The molecule has 96 valence electrons. The molecule has 0 saturated heterocycles. The largest absolute Gasteiger partial charge is 0.416 e. The SMILES string of the molecule is C[Si](C)(C)OCC[N]([AlH2])CCO[Si](C)(C)C. The molecular formula is C10H28AlNO2Si2. The van der Waals surface area contributed by atoms with Crippen molar-refractivity contribution >= 4 is 33.1 Å². The molecule has 0 aliphatic heterocycles. The lowest BCUT2D eigenvalue weighted by molar-refractivity contribution is 0.236. The van der Waals surface area contributed by atoms with E-state index < -0.39 is 16.6 Å². The van der Waals surface area contributed by atoms with Gasteiger partial charge in [0.25, 0.3) is 0 Å². The molecule has 0 aliphatic rings. The summed E-state index contributed by atoms with van der Waals surface area (Å²) in [5.41, 5.74) is 0. The molecule has 0 aliphatic carbocycles. The fourth-order valence-corrected chi connectivity index (χ4v) is 2.90. The molecule has 0 saturated carbocycles. The van der Waals surface area contributed by atoms with Crippen molar-refractivity contribution in [1.29, 1.82) is 0 Å². The molecule has 0 heterocycles. The smallest absolute Gasteiger partial charge is 0.322 e. The second-order valence-corrected chi connectivity index (χ2v) is 16.5. The van der Waals surface area contributed by atoms with Crippen LogP contribution in [0.4, 0.5) is 0 Å². The lowest BCUT2D eigenvalue weighted by Gasteiger charge is -2.24. The van der Waals surface area contributed by atoms with Gasteiger partial charge in [0.15, 0.2) is 16.6 Å². The van der Waals surface area contributed by atoms with Crippen LogP contribution in [0.5, 0.6) is 0 Å². The molecular weight excluding hydrogens is 249 g/mol. The van der Waals surface area contributed by atoms with Gasteiger partial charge in [-0.2, -0.15) is 0 Å². The molecule has 0 N–H and O–H groups in total. The van der Waals surface area contributed by atoms with E-state index in [0.29, 0.717) is 0 Å². The van der Waals surface area contributed by atoms with Crippen molar-refractivity contribution in [1.82, 2.24) is 3.88 Å². The number of rotatable bonds is 8. The lowest BCUT2D eigenvalue weighted by atomic mass is 10.6. The zero-order chi connectivity index (χ0) is 12.8. The van der Waals surface area contributed by atoms with E-state index in [4.69, 9.17) is 8.85 Å². The van der Waals surface area contributed by atoms with Crippen LogP contribution in [0.3, 0.4) is 0 Å². The minimum atomic E-state index is -1.32. The molecule has 0 unspecified atom stereocenters. The Balaban J connectivity index is 3.49. The molecule has 6 heteroatoms. The van der Waals surface area contributed by atoms with Crippen molar-refractivity contribution in [2.45, 2.75) is 39.3 Å². The molecule has 16 heavy (non-hydrogen) atoms. The van der Waals surface area contributed by atoms with E-state index in [1.54, 1.807) is 0 Å². The van der Waals surface area contributed by atoms with Crippen LogP contribution in [-0.2, 0) is 8.85 Å². The third-order valence-electron chi connectivity index (χ3n) is 2.02. The zero-order valence-electron chi connectivity index (χ0n) is 12.1. The Labute approximate surface area is 111 Å². The molecule has 0 aromatic rings. The van der Waals surface area contributed by atoms with Gasteiger partial charge in [-0.25, -0.2) is 0 Å². The highest BCUT2D eigenvalue weighted by atomic mass is 28.4. The Morgan fingerprint density at radius 2 is 1.12 bits per heavy atom. The number of hydrogen-bond donors (Lipinski definition) is 0. The van der Waals surface area contributed by atoms with Crippen molar-refractivity contribution in [3.05, 3.63) is 0 Å². The Morgan fingerprint density at radius 3 is 1.38 bits per heavy atom. The zero-order valence-corrected chi connectivity index (χ0v) is 16.1. The predicted octanol–water partition coefficient (Wildman–Crippen LogP) is 1.54. The summed E-state index contributed by atoms with van der Waals surface area (Å²) in [4.78, 5) is 0. The molecule has 0 atom stereocenters. The van der Waals surface area contributed by atoms with E-state index in [-0.39, 0.29) is 0 Å². The van der Waals surface area contributed by atoms with Crippen LogP contribution in [0.15, 0.2) is 0 Å². The van der Waals surface area contributed by atoms with E-state index >= 15 is 0 Å². The third kappa shape index (κ3) is 12.9. The quantitative estimate of drug-likeness (QED) is 0.628. The highest BCUT2D eigenvalue weighted by Crippen LogP contribution is 2.03. The maximum Gasteiger partial charge on any atom is 0.322 e. The minimum absolute atomic E-state index is 0.881. The van der Waals surface area contributed by atoms with Gasteiger partial charge in [0, 0.05) is 26.3 Å². The van der Waals surface area contributed by atoms with Crippen LogP contribution in [0, 0.1) is 0 Å². The summed E-state index contributed by atoms with van der Waals surface area (Å²) in [5.74, 6) is 0. The summed E-state index contributed by atoms with van der Waals surface area (Å²) in [6.45, 7) is 17.3. The highest BCUT2D eigenvalue weighted by Gasteiger charge is 2.15. The Kier molecular flexibility index (Phi) is 7.71. The molecule has 0 aromatic heterocycles. The van der Waals surface area contributed by atoms with Gasteiger partial charge in [0.2, 0.25) is 0 Å². The van der Waals surface area contributed by atoms with Gasteiger partial charge in [-0.05, 0) is 39.3 Å². The van der Waals surface area contributed by atoms with E-state index in [9.17, 15) is 0 Å². The van der Waals surface area contributed by atoms with Crippen molar-refractivity contribution < 1.29 is 8.85 Å². The second kappa shape index (κ2) is 7.32. The van der Waals surface area contributed by atoms with Crippen molar-refractivity contribution in [3.8, 4) is 0 Å². The second-order valence-electron chi connectivity index (χ2n) is 6.22. The third-order valence-corrected chi connectivity index (χ3v) is 5.05. The van der Waals surface area contributed by atoms with E-state index in [2.05, 4.69) is 43.2 Å². The van der Waals surface area contributed by atoms with Crippen LogP contribution >= 0.6 is 0 Å². The highest BCUT2D eigenvalue weighted by molar-refractivity contribution is 6.70. The first-order valence-electron chi connectivity index (χ1n) is 6.07. The molecule has 0 fully saturated rings. The molecule has 0 radical (unpaired) electrons. The van der Waals surface area contributed by atoms with Gasteiger partial charge in [0.1, 0.15) is 0 Å². The minimum Gasteiger partial charge on any atom is -0.416 e. The summed E-state index contributed by atoms with van der Waals surface area (Å²) < 4.78 is 14.1. The summed E-state index contributed by atoms with van der Waals surface area (Å²) in [6.07, 6.45) is 0.